The highest BCUT2D eigenvalue weighted by atomic mass is 16.5. The third-order valence-electron chi connectivity index (χ3n) is 5.79. The number of benzene rings is 2. The van der Waals surface area contributed by atoms with Crippen LogP contribution in [0.5, 0.6) is 11.5 Å². The zero-order valence-corrected chi connectivity index (χ0v) is 18.8. The van der Waals surface area contributed by atoms with Gasteiger partial charge in [-0.2, -0.15) is 0 Å². The van der Waals surface area contributed by atoms with Crippen LogP contribution in [0.2, 0.25) is 0 Å². The van der Waals surface area contributed by atoms with Gasteiger partial charge in [-0.3, -0.25) is 14.5 Å². The molecule has 0 bridgehead atoms. The molecule has 1 amide bonds. The summed E-state index contributed by atoms with van der Waals surface area (Å²) >= 11 is 0. The van der Waals surface area contributed by atoms with Gasteiger partial charge in [0.1, 0.15) is 17.1 Å². The number of nitrogens with zero attached hydrogens (tertiary/aromatic N) is 2. The molecule has 0 spiro atoms. The number of carbonyl (C=O) groups is 2. The topological polar surface area (TPSA) is 59.1 Å². The molecule has 0 N–H and O–H groups in total. The van der Waals surface area contributed by atoms with E-state index in [1.807, 2.05) is 36.9 Å². The standard InChI is InChI=1S/C26H30N2O4/c1-26(2)18-23(29)22-11-10-21(17-24(22)32-26)31-19-25(30)28-15-13-27(14-16-28)12-6-9-20-7-4-3-5-8-20/h3-11,17H,12-16,18-19H2,1-2H3. The van der Waals surface area contributed by atoms with E-state index in [4.69, 9.17) is 9.47 Å². The summed E-state index contributed by atoms with van der Waals surface area (Å²) in [5.74, 6) is 1.09. The van der Waals surface area contributed by atoms with Gasteiger partial charge >= 0.3 is 0 Å². The minimum Gasteiger partial charge on any atom is -0.486 e. The van der Waals surface area contributed by atoms with Crippen LogP contribution in [0.4, 0.5) is 0 Å². The molecule has 6 heteroatoms. The maximum absolute atomic E-state index is 12.6. The van der Waals surface area contributed by atoms with E-state index < -0.39 is 5.60 Å². The number of ketones is 1. The Balaban J connectivity index is 1.23. The molecule has 1 saturated heterocycles. The van der Waals surface area contributed by atoms with Gasteiger partial charge in [-0.25, -0.2) is 0 Å². The molecule has 0 unspecified atom stereocenters. The van der Waals surface area contributed by atoms with E-state index in [1.54, 1.807) is 18.2 Å². The van der Waals surface area contributed by atoms with Gasteiger partial charge in [0, 0.05) is 38.8 Å². The van der Waals surface area contributed by atoms with Crippen LogP contribution in [-0.2, 0) is 4.79 Å². The maximum Gasteiger partial charge on any atom is 0.260 e. The third kappa shape index (κ3) is 5.56. The van der Waals surface area contributed by atoms with Crippen molar-refractivity contribution in [2.75, 3.05) is 39.3 Å². The Morgan fingerprint density at radius 1 is 1.09 bits per heavy atom. The molecule has 2 aromatic rings. The first-order chi connectivity index (χ1) is 15.4. The van der Waals surface area contributed by atoms with Crippen molar-refractivity contribution in [3.8, 4) is 11.5 Å². The van der Waals surface area contributed by atoms with E-state index in [1.165, 1.54) is 5.56 Å². The first-order valence-corrected chi connectivity index (χ1v) is 11.1. The summed E-state index contributed by atoms with van der Waals surface area (Å²) in [7, 11) is 0. The Hall–Kier alpha value is -3.12. The Morgan fingerprint density at radius 2 is 1.84 bits per heavy atom. The van der Waals surface area contributed by atoms with Gasteiger partial charge in [0.25, 0.3) is 5.91 Å². The molecule has 0 saturated carbocycles. The van der Waals surface area contributed by atoms with Gasteiger partial charge in [0.2, 0.25) is 0 Å². The molecule has 0 aliphatic carbocycles. The van der Waals surface area contributed by atoms with E-state index in [-0.39, 0.29) is 18.3 Å². The SMILES string of the molecule is CC1(C)CC(=O)c2ccc(OCC(=O)N3CCN(CC=Cc4ccccc4)CC3)cc2O1. The number of rotatable bonds is 6. The summed E-state index contributed by atoms with van der Waals surface area (Å²) in [5.41, 5.74) is 1.23. The lowest BCUT2D eigenvalue weighted by atomic mass is 9.93. The van der Waals surface area contributed by atoms with Crippen molar-refractivity contribution in [1.82, 2.24) is 9.80 Å². The lowest BCUT2D eigenvalue weighted by Gasteiger charge is -2.34. The molecule has 4 rings (SSSR count). The highest BCUT2D eigenvalue weighted by Gasteiger charge is 2.32. The lowest BCUT2D eigenvalue weighted by molar-refractivity contribution is -0.135. The molecule has 6 nitrogen and oxygen atoms in total. The summed E-state index contributed by atoms with van der Waals surface area (Å²) in [6, 6.07) is 15.4. The van der Waals surface area contributed by atoms with Crippen molar-refractivity contribution >= 4 is 17.8 Å². The van der Waals surface area contributed by atoms with Gasteiger partial charge < -0.3 is 14.4 Å². The summed E-state index contributed by atoms with van der Waals surface area (Å²) in [4.78, 5) is 29.0. The predicted molar refractivity (Wildman–Crippen MR) is 124 cm³/mol. The van der Waals surface area contributed by atoms with Gasteiger partial charge in [0.05, 0.1) is 12.0 Å². The minimum atomic E-state index is -0.533. The van der Waals surface area contributed by atoms with Gasteiger partial charge in [-0.1, -0.05) is 42.5 Å². The molecule has 32 heavy (non-hydrogen) atoms. The Bertz CT molecular complexity index is 992. The normalized spacial score (nSPS) is 18.3. The summed E-state index contributed by atoms with van der Waals surface area (Å²) in [6.45, 7) is 7.70. The van der Waals surface area contributed by atoms with Crippen LogP contribution in [0.15, 0.2) is 54.6 Å². The summed E-state index contributed by atoms with van der Waals surface area (Å²) in [5, 5.41) is 0. The Labute approximate surface area is 189 Å². The second-order valence-electron chi connectivity index (χ2n) is 8.90. The van der Waals surface area contributed by atoms with Crippen LogP contribution in [0.25, 0.3) is 6.08 Å². The molecular formula is C26H30N2O4. The van der Waals surface area contributed by atoms with Crippen molar-refractivity contribution in [1.29, 1.82) is 0 Å². The quantitative estimate of drug-likeness (QED) is 0.694. The molecule has 168 valence electrons. The maximum atomic E-state index is 12.6. The van der Waals surface area contributed by atoms with Crippen molar-refractivity contribution in [3.63, 3.8) is 0 Å². The summed E-state index contributed by atoms with van der Waals surface area (Å²) in [6.07, 6.45) is 4.65. The van der Waals surface area contributed by atoms with Crippen LogP contribution >= 0.6 is 0 Å². The number of hydrogen-bond acceptors (Lipinski definition) is 5. The smallest absolute Gasteiger partial charge is 0.260 e. The first kappa shape index (κ1) is 22.1. The van der Waals surface area contributed by atoms with E-state index in [9.17, 15) is 9.59 Å². The molecule has 2 aromatic carbocycles. The molecule has 2 aliphatic heterocycles. The van der Waals surface area contributed by atoms with Crippen LogP contribution in [0, 0.1) is 0 Å². The average molecular weight is 435 g/mol. The highest BCUT2D eigenvalue weighted by molar-refractivity contribution is 6.00. The van der Waals surface area contributed by atoms with Crippen molar-refractivity contribution < 1.29 is 19.1 Å². The highest BCUT2D eigenvalue weighted by Crippen LogP contribution is 2.35. The van der Waals surface area contributed by atoms with E-state index >= 15 is 0 Å². The van der Waals surface area contributed by atoms with Crippen molar-refractivity contribution in [3.05, 3.63) is 65.7 Å². The number of ether oxygens (including phenoxy) is 2. The number of fused-ring (bicyclic) bond motifs is 1. The van der Waals surface area contributed by atoms with E-state index in [0.717, 1.165) is 19.6 Å². The van der Waals surface area contributed by atoms with E-state index in [2.05, 4.69) is 29.2 Å². The average Bonchev–Trinajstić information content (AvgIpc) is 2.77. The van der Waals surface area contributed by atoms with Crippen molar-refractivity contribution in [2.24, 2.45) is 0 Å². The fourth-order valence-corrected chi connectivity index (χ4v) is 4.04. The molecule has 1 fully saturated rings. The zero-order valence-electron chi connectivity index (χ0n) is 18.8. The second-order valence-corrected chi connectivity index (χ2v) is 8.90. The van der Waals surface area contributed by atoms with Crippen LogP contribution in [0.1, 0.15) is 36.2 Å². The number of amides is 1. The van der Waals surface area contributed by atoms with Gasteiger partial charge in [-0.05, 0) is 31.5 Å². The minimum absolute atomic E-state index is 0.0238. The van der Waals surface area contributed by atoms with Gasteiger partial charge in [-0.15, -0.1) is 0 Å². The fraction of sp³-hybridized carbons (Fsp3) is 0.385. The van der Waals surface area contributed by atoms with Crippen LogP contribution < -0.4 is 9.47 Å². The third-order valence-corrected chi connectivity index (χ3v) is 5.79. The van der Waals surface area contributed by atoms with Gasteiger partial charge in [0.15, 0.2) is 12.4 Å². The first-order valence-electron chi connectivity index (χ1n) is 11.1. The molecule has 0 aromatic heterocycles. The predicted octanol–water partition coefficient (Wildman–Crippen LogP) is 3.67. The van der Waals surface area contributed by atoms with Crippen LogP contribution in [0.3, 0.4) is 0 Å². The molecule has 2 heterocycles. The number of piperazine rings is 1. The van der Waals surface area contributed by atoms with Crippen molar-refractivity contribution in [2.45, 2.75) is 25.9 Å². The second kappa shape index (κ2) is 9.57. The number of carbonyl (C=O) groups excluding carboxylic acids is 2. The molecule has 2 aliphatic rings. The number of Topliss-reactive ketones (excluding diaryl/α,β-unsaturated/α-hetero) is 1. The monoisotopic (exact) mass is 434 g/mol. The van der Waals surface area contributed by atoms with Crippen LogP contribution in [-0.4, -0.2) is 66.4 Å². The molecule has 0 atom stereocenters. The Kier molecular flexibility index (Phi) is 6.61. The molecular weight excluding hydrogens is 404 g/mol. The zero-order chi connectivity index (χ0) is 22.6. The molecule has 0 radical (unpaired) electrons. The Morgan fingerprint density at radius 3 is 2.59 bits per heavy atom. The lowest BCUT2D eigenvalue weighted by Crippen LogP contribution is -2.49. The fourth-order valence-electron chi connectivity index (χ4n) is 4.04. The number of hydrogen-bond donors (Lipinski definition) is 0. The summed E-state index contributed by atoms with van der Waals surface area (Å²) < 4.78 is 11.6. The van der Waals surface area contributed by atoms with E-state index in [0.29, 0.717) is 36.6 Å². The largest absolute Gasteiger partial charge is 0.486 e.